The number of imidazole rings is 1. The van der Waals surface area contributed by atoms with Crippen molar-refractivity contribution < 1.29 is 9.53 Å². The first kappa shape index (κ1) is 22.4. The Bertz CT molecular complexity index is 1130. The van der Waals surface area contributed by atoms with Crippen LogP contribution in [-0.2, 0) is 6.61 Å². The average molecular weight is 461 g/mol. The predicted molar refractivity (Wildman–Crippen MR) is 131 cm³/mol. The standard InChI is InChI=1S/C26H32N6O2/c1-18-23(30-17-29-18)16-34-24-14-21(15-28-25(24)27)19-4-6-20(7-5-19)26(33)32-12-8-22(9-13-32)31-10-2-3-11-31/h4-7,14-15,17,22H,2-3,8-13,16H2,1H3,(H2,27,28)(H,29,30). The molecule has 0 unspecified atom stereocenters. The number of hydrogen-bond acceptors (Lipinski definition) is 6. The van der Waals surface area contributed by atoms with Crippen LogP contribution in [0.15, 0.2) is 42.9 Å². The Kier molecular flexibility index (Phi) is 6.49. The lowest BCUT2D eigenvalue weighted by molar-refractivity contribution is 0.0644. The van der Waals surface area contributed by atoms with Crippen LogP contribution in [0.3, 0.4) is 0 Å². The van der Waals surface area contributed by atoms with Crippen LogP contribution in [0, 0.1) is 6.92 Å². The van der Waals surface area contributed by atoms with Crippen LogP contribution in [0.1, 0.15) is 47.4 Å². The zero-order chi connectivity index (χ0) is 23.5. The molecular weight excluding hydrogens is 428 g/mol. The number of pyridine rings is 1. The highest BCUT2D eigenvalue weighted by Crippen LogP contribution is 2.28. The van der Waals surface area contributed by atoms with Crippen molar-refractivity contribution in [1.82, 2.24) is 24.8 Å². The molecule has 2 aliphatic heterocycles. The SMILES string of the molecule is Cc1[nH]cnc1COc1cc(-c2ccc(C(=O)N3CCC(N4CCCC4)CC3)cc2)cnc1N. The maximum Gasteiger partial charge on any atom is 0.253 e. The normalized spacial score (nSPS) is 17.3. The van der Waals surface area contributed by atoms with E-state index >= 15 is 0 Å². The Morgan fingerprint density at radius 2 is 1.82 bits per heavy atom. The van der Waals surface area contributed by atoms with Gasteiger partial charge in [0, 0.05) is 42.1 Å². The van der Waals surface area contributed by atoms with E-state index in [-0.39, 0.29) is 5.91 Å². The summed E-state index contributed by atoms with van der Waals surface area (Å²) >= 11 is 0. The fraction of sp³-hybridized carbons (Fsp3) is 0.423. The van der Waals surface area contributed by atoms with E-state index in [2.05, 4.69) is 19.9 Å². The molecule has 0 aliphatic carbocycles. The summed E-state index contributed by atoms with van der Waals surface area (Å²) in [7, 11) is 0. The predicted octanol–water partition coefficient (Wildman–Crippen LogP) is 3.64. The van der Waals surface area contributed by atoms with Crippen molar-refractivity contribution in [3.8, 4) is 16.9 Å². The molecule has 0 atom stereocenters. The zero-order valence-corrected chi connectivity index (χ0v) is 19.7. The van der Waals surface area contributed by atoms with Gasteiger partial charge in [-0.2, -0.15) is 0 Å². The summed E-state index contributed by atoms with van der Waals surface area (Å²) in [4.78, 5) is 29.2. The van der Waals surface area contributed by atoms with Crippen LogP contribution in [0.25, 0.3) is 11.1 Å². The lowest BCUT2D eigenvalue weighted by Crippen LogP contribution is -2.45. The third kappa shape index (κ3) is 4.77. The number of ether oxygens (including phenoxy) is 1. The van der Waals surface area contributed by atoms with Gasteiger partial charge in [-0.1, -0.05) is 12.1 Å². The molecule has 1 aromatic carbocycles. The van der Waals surface area contributed by atoms with Crippen LogP contribution < -0.4 is 10.5 Å². The molecule has 2 aliphatic rings. The second-order valence-electron chi connectivity index (χ2n) is 9.21. The second-order valence-corrected chi connectivity index (χ2v) is 9.21. The Morgan fingerprint density at radius 1 is 1.09 bits per heavy atom. The number of nitrogens with two attached hydrogens (primary N) is 1. The summed E-state index contributed by atoms with van der Waals surface area (Å²) in [6, 6.07) is 10.2. The largest absolute Gasteiger partial charge is 0.483 e. The van der Waals surface area contributed by atoms with Gasteiger partial charge in [0.1, 0.15) is 6.61 Å². The number of likely N-dealkylation sites (tertiary alicyclic amines) is 2. The number of aromatic amines is 1. The summed E-state index contributed by atoms with van der Waals surface area (Å²) in [6.45, 7) is 6.36. The molecule has 2 aromatic heterocycles. The summed E-state index contributed by atoms with van der Waals surface area (Å²) in [5.41, 5.74) is 10.4. The number of benzene rings is 1. The van der Waals surface area contributed by atoms with Crippen molar-refractivity contribution in [2.24, 2.45) is 0 Å². The average Bonchev–Trinajstić information content (AvgIpc) is 3.55. The number of piperidine rings is 1. The number of amides is 1. The molecule has 4 heterocycles. The highest BCUT2D eigenvalue weighted by atomic mass is 16.5. The van der Waals surface area contributed by atoms with Crippen LogP contribution in [-0.4, -0.2) is 62.9 Å². The maximum atomic E-state index is 13.1. The monoisotopic (exact) mass is 460 g/mol. The number of aromatic nitrogens is 3. The van der Waals surface area contributed by atoms with E-state index in [1.54, 1.807) is 12.5 Å². The highest BCUT2D eigenvalue weighted by molar-refractivity contribution is 5.94. The zero-order valence-electron chi connectivity index (χ0n) is 19.7. The van der Waals surface area contributed by atoms with E-state index in [0.717, 1.165) is 54.0 Å². The van der Waals surface area contributed by atoms with Crippen molar-refractivity contribution in [2.75, 3.05) is 31.9 Å². The second kappa shape index (κ2) is 9.85. The van der Waals surface area contributed by atoms with Gasteiger partial charge in [0.25, 0.3) is 5.91 Å². The molecule has 2 fully saturated rings. The first-order valence-electron chi connectivity index (χ1n) is 12.1. The number of nitrogens with zero attached hydrogens (tertiary/aromatic N) is 4. The van der Waals surface area contributed by atoms with E-state index in [4.69, 9.17) is 10.5 Å². The fourth-order valence-corrected chi connectivity index (χ4v) is 4.94. The van der Waals surface area contributed by atoms with Gasteiger partial charge in [-0.3, -0.25) is 4.79 Å². The number of H-pyrrole nitrogens is 1. The molecule has 0 bridgehead atoms. The van der Waals surface area contributed by atoms with Crippen molar-refractivity contribution in [3.63, 3.8) is 0 Å². The van der Waals surface area contributed by atoms with Gasteiger partial charge in [0.2, 0.25) is 0 Å². The van der Waals surface area contributed by atoms with Crippen molar-refractivity contribution in [1.29, 1.82) is 0 Å². The number of hydrogen-bond donors (Lipinski definition) is 2. The minimum atomic E-state index is 0.111. The molecule has 8 heteroatoms. The molecule has 3 aromatic rings. The number of carbonyl (C=O) groups is 1. The van der Waals surface area contributed by atoms with Crippen LogP contribution in [0.5, 0.6) is 5.75 Å². The minimum Gasteiger partial charge on any atom is -0.483 e. The Morgan fingerprint density at radius 3 is 2.50 bits per heavy atom. The van der Waals surface area contributed by atoms with Crippen LogP contribution in [0.4, 0.5) is 5.82 Å². The van der Waals surface area contributed by atoms with Crippen molar-refractivity contribution in [2.45, 2.75) is 45.3 Å². The highest BCUT2D eigenvalue weighted by Gasteiger charge is 2.28. The lowest BCUT2D eigenvalue weighted by atomic mass is 10.0. The number of nitrogens with one attached hydrogen (secondary N) is 1. The Balaban J connectivity index is 1.22. The van der Waals surface area contributed by atoms with E-state index in [1.165, 1.54) is 25.9 Å². The topological polar surface area (TPSA) is 100 Å². The first-order valence-corrected chi connectivity index (χ1v) is 12.1. The van der Waals surface area contributed by atoms with Crippen molar-refractivity contribution in [3.05, 3.63) is 59.8 Å². The lowest BCUT2D eigenvalue weighted by Gasteiger charge is -2.36. The fourth-order valence-electron chi connectivity index (χ4n) is 4.94. The van der Waals surface area contributed by atoms with E-state index in [0.29, 0.717) is 24.2 Å². The molecule has 1 amide bonds. The first-order chi connectivity index (χ1) is 16.6. The number of nitrogen functional groups attached to an aromatic ring is 1. The molecule has 178 valence electrons. The third-order valence-corrected chi connectivity index (χ3v) is 7.05. The summed E-state index contributed by atoms with van der Waals surface area (Å²) < 4.78 is 5.88. The van der Waals surface area contributed by atoms with Gasteiger partial charge >= 0.3 is 0 Å². The molecule has 8 nitrogen and oxygen atoms in total. The van der Waals surface area contributed by atoms with Gasteiger partial charge in [-0.25, -0.2) is 9.97 Å². The van der Waals surface area contributed by atoms with E-state index < -0.39 is 0 Å². The maximum absolute atomic E-state index is 13.1. The van der Waals surface area contributed by atoms with Gasteiger partial charge in [0.15, 0.2) is 11.6 Å². The molecule has 0 saturated carbocycles. The Labute approximate surface area is 200 Å². The van der Waals surface area contributed by atoms with Crippen molar-refractivity contribution >= 4 is 11.7 Å². The molecule has 3 N–H and O–H groups in total. The third-order valence-electron chi connectivity index (χ3n) is 7.05. The quantitative estimate of drug-likeness (QED) is 0.583. The molecular formula is C26H32N6O2. The van der Waals surface area contributed by atoms with Gasteiger partial charge in [0.05, 0.1) is 12.0 Å². The molecule has 0 radical (unpaired) electrons. The number of aryl methyl sites for hydroxylation is 1. The minimum absolute atomic E-state index is 0.111. The smallest absolute Gasteiger partial charge is 0.253 e. The Hall–Kier alpha value is -3.39. The summed E-state index contributed by atoms with van der Waals surface area (Å²) in [5.74, 6) is 0.960. The van der Waals surface area contributed by atoms with E-state index in [1.807, 2.05) is 42.2 Å². The number of carbonyl (C=O) groups excluding carboxylic acids is 1. The van der Waals surface area contributed by atoms with Crippen LogP contribution >= 0.6 is 0 Å². The molecule has 2 saturated heterocycles. The van der Waals surface area contributed by atoms with Gasteiger partial charge in [-0.15, -0.1) is 0 Å². The molecule has 5 rings (SSSR count). The van der Waals surface area contributed by atoms with Gasteiger partial charge < -0.3 is 25.3 Å². The summed E-state index contributed by atoms with van der Waals surface area (Å²) in [6.07, 6.45) is 8.13. The summed E-state index contributed by atoms with van der Waals surface area (Å²) in [5, 5.41) is 0. The number of anilines is 1. The molecule has 34 heavy (non-hydrogen) atoms. The number of rotatable bonds is 6. The van der Waals surface area contributed by atoms with E-state index in [9.17, 15) is 4.79 Å². The molecule has 0 spiro atoms. The van der Waals surface area contributed by atoms with Crippen LogP contribution in [0.2, 0.25) is 0 Å². The van der Waals surface area contributed by atoms with Gasteiger partial charge in [-0.05, 0) is 69.5 Å².